The molecule has 0 bridgehead atoms. The van der Waals surface area contributed by atoms with Crippen LogP contribution in [0.3, 0.4) is 0 Å². The van der Waals surface area contributed by atoms with Crippen molar-refractivity contribution < 1.29 is 14.4 Å². The first kappa shape index (κ1) is 16.3. The highest BCUT2D eigenvalue weighted by atomic mass is 16.2. The number of rotatable bonds is 6. The van der Waals surface area contributed by atoms with Crippen LogP contribution in [0, 0.1) is 0 Å². The molecule has 6 nitrogen and oxygen atoms in total. The summed E-state index contributed by atoms with van der Waals surface area (Å²) in [6, 6.07) is 0. The first-order chi connectivity index (χ1) is 8.06. The average Bonchev–Trinajstić information content (AvgIpc) is 2.60. The van der Waals surface area contributed by atoms with Crippen molar-refractivity contribution in [3.8, 4) is 0 Å². The van der Waals surface area contributed by atoms with E-state index in [1.165, 1.54) is 12.2 Å². The lowest BCUT2D eigenvalue weighted by Gasteiger charge is -2.17. The van der Waals surface area contributed by atoms with Gasteiger partial charge in [-0.2, -0.15) is 0 Å². The minimum absolute atomic E-state index is 0. The zero-order valence-corrected chi connectivity index (χ0v) is 9.89. The Balaban J connectivity index is 0.00000289. The normalized spacial score (nSPS) is 13.8. The van der Waals surface area contributed by atoms with E-state index in [9.17, 15) is 14.4 Å². The fourth-order valence-electron chi connectivity index (χ4n) is 1.55. The van der Waals surface area contributed by atoms with E-state index < -0.39 is 0 Å². The van der Waals surface area contributed by atoms with E-state index in [0.717, 1.165) is 4.90 Å². The molecule has 0 saturated heterocycles. The second-order valence-electron chi connectivity index (χ2n) is 3.87. The maximum Gasteiger partial charge on any atom is 0.253 e. The van der Waals surface area contributed by atoms with E-state index in [4.69, 9.17) is 5.73 Å². The molecule has 0 saturated carbocycles. The molecule has 0 aromatic carbocycles. The smallest absolute Gasteiger partial charge is 0.253 e. The summed E-state index contributed by atoms with van der Waals surface area (Å²) in [4.78, 5) is 36.6. The first-order valence-corrected chi connectivity index (χ1v) is 5.54. The Morgan fingerprint density at radius 1 is 1.33 bits per heavy atom. The Kier molecular flexibility index (Phi) is 6.89. The Labute approximate surface area is 107 Å². The maximum atomic E-state index is 11.5. The Morgan fingerprint density at radius 2 is 1.89 bits per heavy atom. The molecule has 102 valence electrons. The molecular weight excluding hydrogens is 234 g/mol. The van der Waals surface area contributed by atoms with Crippen LogP contribution in [0.1, 0.15) is 20.3 Å². The van der Waals surface area contributed by atoms with Gasteiger partial charge in [0, 0.05) is 45.3 Å². The molecule has 1 heterocycles. The number of carbonyl (C=O) groups excluding carboxylic acids is 3. The highest BCUT2D eigenvalue weighted by Crippen LogP contribution is 2.06. The average molecular weight is 255 g/mol. The SMILES string of the molecule is C.CN(CCN)C(=O)CCCN1C(=O)C=CC1=O. The van der Waals surface area contributed by atoms with E-state index in [1.54, 1.807) is 11.9 Å². The number of amides is 3. The van der Waals surface area contributed by atoms with Gasteiger partial charge in [0.25, 0.3) is 11.8 Å². The van der Waals surface area contributed by atoms with Crippen LogP contribution >= 0.6 is 0 Å². The molecule has 0 unspecified atom stereocenters. The lowest BCUT2D eigenvalue weighted by Crippen LogP contribution is -2.34. The third-order valence-corrected chi connectivity index (χ3v) is 2.56. The monoisotopic (exact) mass is 255 g/mol. The van der Waals surface area contributed by atoms with Crippen LogP contribution in [0.5, 0.6) is 0 Å². The molecule has 0 aromatic heterocycles. The van der Waals surface area contributed by atoms with Crippen molar-refractivity contribution in [3.05, 3.63) is 12.2 Å². The summed E-state index contributed by atoms with van der Waals surface area (Å²) in [5, 5.41) is 0. The van der Waals surface area contributed by atoms with Crippen LogP contribution in [-0.2, 0) is 14.4 Å². The Morgan fingerprint density at radius 3 is 2.39 bits per heavy atom. The zero-order valence-electron chi connectivity index (χ0n) is 9.89. The number of hydrogen-bond acceptors (Lipinski definition) is 4. The van der Waals surface area contributed by atoms with Gasteiger partial charge in [-0.3, -0.25) is 19.3 Å². The van der Waals surface area contributed by atoms with E-state index in [-0.39, 0.29) is 31.7 Å². The Hall–Kier alpha value is -1.69. The van der Waals surface area contributed by atoms with Gasteiger partial charge >= 0.3 is 0 Å². The number of nitrogens with zero attached hydrogens (tertiary/aromatic N) is 2. The van der Waals surface area contributed by atoms with E-state index in [2.05, 4.69) is 0 Å². The van der Waals surface area contributed by atoms with Gasteiger partial charge in [-0.25, -0.2) is 0 Å². The van der Waals surface area contributed by atoms with E-state index in [0.29, 0.717) is 25.9 Å². The van der Waals surface area contributed by atoms with Crippen LogP contribution in [0.15, 0.2) is 12.2 Å². The molecule has 18 heavy (non-hydrogen) atoms. The van der Waals surface area contributed by atoms with Gasteiger partial charge in [-0.05, 0) is 6.42 Å². The van der Waals surface area contributed by atoms with Crippen molar-refractivity contribution in [1.82, 2.24) is 9.80 Å². The highest BCUT2D eigenvalue weighted by Gasteiger charge is 2.22. The molecular formula is C12H21N3O3. The van der Waals surface area contributed by atoms with Gasteiger partial charge < -0.3 is 10.6 Å². The largest absolute Gasteiger partial charge is 0.344 e. The summed E-state index contributed by atoms with van der Waals surface area (Å²) < 4.78 is 0. The van der Waals surface area contributed by atoms with Gasteiger partial charge in [-0.1, -0.05) is 7.43 Å². The standard InChI is InChI=1S/C11H17N3O3.CH4/c1-13(8-6-12)9(15)3-2-7-14-10(16)4-5-11(14)17;/h4-5H,2-3,6-8,12H2,1H3;1H4. The topological polar surface area (TPSA) is 83.7 Å². The molecule has 2 N–H and O–H groups in total. The highest BCUT2D eigenvalue weighted by molar-refractivity contribution is 6.12. The molecule has 0 atom stereocenters. The Bertz CT molecular complexity index is 334. The lowest BCUT2D eigenvalue weighted by atomic mass is 10.2. The first-order valence-electron chi connectivity index (χ1n) is 5.54. The quantitative estimate of drug-likeness (QED) is 0.663. The molecule has 1 aliphatic heterocycles. The van der Waals surface area contributed by atoms with Crippen LogP contribution in [0.4, 0.5) is 0 Å². The molecule has 0 fully saturated rings. The second-order valence-corrected chi connectivity index (χ2v) is 3.87. The van der Waals surface area contributed by atoms with E-state index >= 15 is 0 Å². The fourth-order valence-corrected chi connectivity index (χ4v) is 1.55. The predicted octanol–water partition coefficient (Wildman–Crippen LogP) is -0.255. The van der Waals surface area contributed by atoms with Crippen LogP contribution in [0.2, 0.25) is 0 Å². The van der Waals surface area contributed by atoms with Crippen molar-refractivity contribution >= 4 is 17.7 Å². The van der Waals surface area contributed by atoms with Crippen LogP contribution in [0.25, 0.3) is 0 Å². The van der Waals surface area contributed by atoms with Crippen molar-refractivity contribution in [2.75, 3.05) is 26.7 Å². The van der Waals surface area contributed by atoms with Crippen molar-refractivity contribution in [3.63, 3.8) is 0 Å². The number of carbonyl (C=O) groups is 3. The molecule has 1 rings (SSSR count). The number of likely N-dealkylation sites (N-methyl/N-ethyl adjacent to an activating group) is 1. The summed E-state index contributed by atoms with van der Waals surface area (Å²) in [5.74, 6) is -0.641. The second kappa shape index (κ2) is 7.60. The van der Waals surface area contributed by atoms with Crippen molar-refractivity contribution in [2.24, 2.45) is 5.73 Å². The number of hydrogen-bond donors (Lipinski definition) is 1. The summed E-state index contributed by atoms with van der Waals surface area (Å²) >= 11 is 0. The summed E-state index contributed by atoms with van der Waals surface area (Å²) in [6.45, 7) is 1.23. The van der Waals surface area contributed by atoms with Crippen molar-refractivity contribution in [2.45, 2.75) is 20.3 Å². The predicted molar refractivity (Wildman–Crippen MR) is 68.5 cm³/mol. The minimum Gasteiger partial charge on any atom is -0.344 e. The fraction of sp³-hybridized carbons (Fsp3) is 0.583. The van der Waals surface area contributed by atoms with Crippen LogP contribution < -0.4 is 5.73 Å². The molecule has 0 aromatic rings. The summed E-state index contributed by atoms with van der Waals surface area (Å²) in [7, 11) is 1.68. The van der Waals surface area contributed by atoms with Crippen molar-refractivity contribution in [1.29, 1.82) is 0 Å². The maximum absolute atomic E-state index is 11.5. The van der Waals surface area contributed by atoms with Gasteiger partial charge in [0.05, 0.1) is 0 Å². The molecule has 0 spiro atoms. The molecule has 0 radical (unpaired) electrons. The molecule has 1 aliphatic rings. The van der Waals surface area contributed by atoms with Crippen LogP contribution in [-0.4, -0.2) is 54.2 Å². The molecule has 0 aliphatic carbocycles. The van der Waals surface area contributed by atoms with Gasteiger partial charge in [0.15, 0.2) is 0 Å². The molecule has 6 heteroatoms. The van der Waals surface area contributed by atoms with Gasteiger partial charge in [0.2, 0.25) is 5.91 Å². The summed E-state index contributed by atoms with van der Waals surface area (Å²) in [6.07, 6.45) is 3.27. The number of nitrogens with two attached hydrogens (primary N) is 1. The third kappa shape index (κ3) is 4.29. The minimum atomic E-state index is -0.308. The third-order valence-electron chi connectivity index (χ3n) is 2.56. The lowest BCUT2D eigenvalue weighted by molar-refractivity contribution is -0.138. The van der Waals surface area contributed by atoms with Gasteiger partial charge in [-0.15, -0.1) is 0 Å². The zero-order chi connectivity index (χ0) is 12.8. The number of imide groups is 1. The van der Waals surface area contributed by atoms with E-state index in [1.807, 2.05) is 0 Å². The summed E-state index contributed by atoms with van der Waals surface area (Å²) in [5.41, 5.74) is 5.33. The molecule has 3 amide bonds. The van der Waals surface area contributed by atoms with Gasteiger partial charge in [0.1, 0.15) is 0 Å².